The van der Waals surface area contributed by atoms with Gasteiger partial charge in [0.05, 0.1) is 6.42 Å². The van der Waals surface area contributed by atoms with Crippen LogP contribution in [-0.2, 0) is 29.0 Å². The van der Waals surface area contributed by atoms with Gasteiger partial charge < -0.3 is 4.74 Å². The van der Waals surface area contributed by atoms with Gasteiger partial charge in [-0.2, -0.15) is 0 Å². The maximum absolute atomic E-state index is 11.9. The van der Waals surface area contributed by atoms with Gasteiger partial charge in [-0.1, -0.05) is 67.9 Å². The Morgan fingerprint density at radius 2 is 1.67 bits per heavy atom. The second-order valence-corrected chi connectivity index (χ2v) is 5.25. The molecule has 0 saturated carbocycles. The molecule has 0 aliphatic carbocycles. The fraction of sp³-hybridized carbons (Fsp3) is 0.316. The van der Waals surface area contributed by atoms with E-state index in [9.17, 15) is 4.79 Å². The van der Waals surface area contributed by atoms with E-state index in [4.69, 9.17) is 4.74 Å². The minimum Gasteiger partial charge on any atom is -0.461 e. The second kappa shape index (κ2) is 8.25. The third kappa shape index (κ3) is 5.42. The Kier molecular flexibility index (Phi) is 6.01. The molecule has 0 unspecified atom stereocenters. The predicted molar refractivity (Wildman–Crippen MR) is 85.0 cm³/mol. The summed E-state index contributed by atoms with van der Waals surface area (Å²) in [6, 6.07) is 18.0. The normalized spacial score (nSPS) is 10.3. The molecule has 0 atom stereocenters. The average Bonchev–Trinajstić information content (AvgIpc) is 2.52. The smallest absolute Gasteiger partial charge is 0.310 e. The molecule has 2 nitrogen and oxygen atoms in total. The zero-order valence-corrected chi connectivity index (χ0v) is 12.5. The van der Waals surface area contributed by atoms with E-state index in [1.807, 2.05) is 42.5 Å². The molecule has 0 amide bonds. The van der Waals surface area contributed by atoms with E-state index in [0.717, 1.165) is 17.5 Å². The second-order valence-electron chi connectivity index (χ2n) is 5.25. The van der Waals surface area contributed by atoms with E-state index >= 15 is 0 Å². The Morgan fingerprint density at radius 1 is 0.952 bits per heavy atom. The van der Waals surface area contributed by atoms with Crippen LogP contribution in [0.2, 0.25) is 0 Å². The van der Waals surface area contributed by atoms with Gasteiger partial charge in [-0.3, -0.25) is 4.79 Å². The Morgan fingerprint density at radius 3 is 2.43 bits per heavy atom. The number of carbonyl (C=O) groups excluding carboxylic acids is 1. The molecule has 2 aromatic rings. The van der Waals surface area contributed by atoms with Crippen molar-refractivity contribution in [1.29, 1.82) is 0 Å². The van der Waals surface area contributed by atoms with Gasteiger partial charge in [0.25, 0.3) is 0 Å². The number of unbranched alkanes of at least 4 members (excludes halogenated alkanes) is 1. The van der Waals surface area contributed by atoms with Crippen LogP contribution in [0.3, 0.4) is 0 Å². The third-order valence-electron chi connectivity index (χ3n) is 3.40. The summed E-state index contributed by atoms with van der Waals surface area (Å²) in [7, 11) is 0. The maximum atomic E-state index is 11.9. The minimum absolute atomic E-state index is 0.175. The Balaban J connectivity index is 1.84. The van der Waals surface area contributed by atoms with Crippen LogP contribution in [0.25, 0.3) is 0 Å². The number of carbonyl (C=O) groups is 1. The van der Waals surface area contributed by atoms with Crippen molar-refractivity contribution >= 4 is 5.97 Å². The minimum atomic E-state index is -0.175. The molecule has 0 bridgehead atoms. The highest BCUT2D eigenvalue weighted by molar-refractivity contribution is 5.72. The Bertz CT molecular complexity index is 561. The van der Waals surface area contributed by atoms with Crippen molar-refractivity contribution in [2.75, 3.05) is 0 Å². The van der Waals surface area contributed by atoms with Gasteiger partial charge >= 0.3 is 5.97 Å². The van der Waals surface area contributed by atoms with Gasteiger partial charge in [-0.25, -0.2) is 0 Å². The van der Waals surface area contributed by atoms with Gasteiger partial charge in [0, 0.05) is 0 Å². The number of hydrogen-bond donors (Lipinski definition) is 0. The summed E-state index contributed by atoms with van der Waals surface area (Å²) in [5.41, 5.74) is 3.34. The molecule has 0 fully saturated rings. The standard InChI is InChI=1S/C19H22O2/c1-2-3-8-16-11-7-12-18(13-16)14-19(20)21-15-17-9-5-4-6-10-17/h4-7,9-13H,2-3,8,14-15H2,1H3. The number of aryl methyl sites for hydroxylation is 1. The lowest BCUT2D eigenvalue weighted by molar-refractivity contribution is -0.144. The van der Waals surface area contributed by atoms with Crippen molar-refractivity contribution in [3.63, 3.8) is 0 Å². The summed E-state index contributed by atoms with van der Waals surface area (Å²) in [5.74, 6) is -0.175. The van der Waals surface area contributed by atoms with Gasteiger partial charge in [-0.05, 0) is 29.5 Å². The zero-order valence-electron chi connectivity index (χ0n) is 12.5. The molecule has 0 aliphatic heterocycles. The highest BCUT2D eigenvalue weighted by Crippen LogP contribution is 2.10. The summed E-state index contributed by atoms with van der Waals surface area (Å²) < 4.78 is 5.31. The monoisotopic (exact) mass is 282 g/mol. The number of hydrogen-bond acceptors (Lipinski definition) is 2. The van der Waals surface area contributed by atoms with E-state index in [-0.39, 0.29) is 5.97 Å². The van der Waals surface area contributed by atoms with Crippen LogP contribution in [-0.4, -0.2) is 5.97 Å². The summed E-state index contributed by atoms with van der Waals surface area (Å²) >= 11 is 0. The van der Waals surface area contributed by atoms with E-state index in [0.29, 0.717) is 13.0 Å². The predicted octanol–water partition coefficient (Wildman–Crippen LogP) is 4.32. The summed E-state index contributed by atoms with van der Waals surface area (Å²) in [4.78, 5) is 11.9. The van der Waals surface area contributed by atoms with Gasteiger partial charge in [0.1, 0.15) is 6.61 Å². The van der Waals surface area contributed by atoms with Crippen LogP contribution in [0, 0.1) is 0 Å². The van der Waals surface area contributed by atoms with E-state index in [1.54, 1.807) is 0 Å². The number of esters is 1. The largest absolute Gasteiger partial charge is 0.461 e. The molecule has 0 aliphatic rings. The Hall–Kier alpha value is -2.09. The molecule has 2 rings (SSSR count). The molecule has 0 radical (unpaired) electrons. The molecule has 2 heteroatoms. The molecule has 0 heterocycles. The van der Waals surface area contributed by atoms with Gasteiger partial charge in [-0.15, -0.1) is 0 Å². The number of ether oxygens (including phenoxy) is 1. The fourth-order valence-corrected chi connectivity index (χ4v) is 2.23. The van der Waals surface area contributed by atoms with Crippen molar-refractivity contribution < 1.29 is 9.53 Å². The lowest BCUT2D eigenvalue weighted by atomic mass is 10.0. The van der Waals surface area contributed by atoms with Crippen molar-refractivity contribution in [3.05, 3.63) is 71.3 Å². The average molecular weight is 282 g/mol. The van der Waals surface area contributed by atoms with Crippen LogP contribution >= 0.6 is 0 Å². The first-order valence-electron chi connectivity index (χ1n) is 7.55. The first-order chi connectivity index (χ1) is 10.3. The van der Waals surface area contributed by atoms with E-state index in [2.05, 4.69) is 19.1 Å². The lowest BCUT2D eigenvalue weighted by Gasteiger charge is -2.06. The molecular formula is C19H22O2. The summed E-state index contributed by atoms with van der Waals surface area (Å²) in [5, 5.41) is 0. The van der Waals surface area contributed by atoms with Crippen LogP contribution in [0.1, 0.15) is 36.5 Å². The van der Waals surface area contributed by atoms with Crippen molar-refractivity contribution in [2.24, 2.45) is 0 Å². The SMILES string of the molecule is CCCCc1cccc(CC(=O)OCc2ccccc2)c1. The first-order valence-corrected chi connectivity index (χ1v) is 7.55. The number of rotatable bonds is 7. The highest BCUT2D eigenvalue weighted by atomic mass is 16.5. The fourth-order valence-electron chi connectivity index (χ4n) is 2.23. The summed E-state index contributed by atoms with van der Waals surface area (Å²) in [6.45, 7) is 2.53. The quantitative estimate of drug-likeness (QED) is 0.707. The molecule has 0 N–H and O–H groups in total. The highest BCUT2D eigenvalue weighted by Gasteiger charge is 2.06. The van der Waals surface area contributed by atoms with Crippen LogP contribution in [0.5, 0.6) is 0 Å². The first kappa shape index (κ1) is 15.3. The molecule has 110 valence electrons. The molecule has 21 heavy (non-hydrogen) atoms. The van der Waals surface area contributed by atoms with Crippen molar-refractivity contribution in [1.82, 2.24) is 0 Å². The number of benzene rings is 2. The van der Waals surface area contributed by atoms with Gasteiger partial charge in [0.15, 0.2) is 0 Å². The van der Waals surface area contributed by atoms with Crippen molar-refractivity contribution in [3.8, 4) is 0 Å². The molecule has 0 saturated heterocycles. The zero-order chi connectivity index (χ0) is 14.9. The van der Waals surface area contributed by atoms with Crippen LogP contribution in [0.4, 0.5) is 0 Å². The topological polar surface area (TPSA) is 26.3 Å². The van der Waals surface area contributed by atoms with Crippen LogP contribution < -0.4 is 0 Å². The molecule has 0 aromatic heterocycles. The molecular weight excluding hydrogens is 260 g/mol. The maximum Gasteiger partial charge on any atom is 0.310 e. The summed E-state index contributed by atoms with van der Waals surface area (Å²) in [6.07, 6.45) is 3.78. The van der Waals surface area contributed by atoms with Crippen LogP contribution in [0.15, 0.2) is 54.6 Å². The molecule has 0 spiro atoms. The van der Waals surface area contributed by atoms with Gasteiger partial charge in [0.2, 0.25) is 0 Å². The van der Waals surface area contributed by atoms with E-state index < -0.39 is 0 Å². The molecule has 2 aromatic carbocycles. The third-order valence-corrected chi connectivity index (χ3v) is 3.40. The Labute approximate surface area is 126 Å². The van der Waals surface area contributed by atoms with Crippen molar-refractivity contribution in [2.45, 2.75) is 39.2 Å². The lowest BCUT2D eigenvalue weighted by Crippen LogP contribution is -2.08. The van der Waals surface area contributed by atoms with E-state index in [1.165, 1.54) is 18.4 Å².